The highest BCUT2D eigenvalue weighted by atomic mass is 16.5. The maximum atomic E-state index is 5.67. The van der Waals surface area contributed by atoms with E-state index in [-0.39, 0.29) is 0 Å². The molecule has 5 nitrogen and oxygen atoms in total. The van der Waals surface area contributed by atoms with Crippen molar-refractivity contribution in [2.45, 2.75) is 6.92 Å². The van der Waals surface area contributed by atoms with E-state index in [2.05, 4.69) is 22.1 Å². The monoisotopic (exact) mass is 248 g/mol. The molecule has 0 amide bonds. The number of likely N-dealkylation sites (N-methyl/N-ethyl adjacent to an activating group) is 1. The van der Waals surface area contributed by atoms with Gasteiger partial charge in [-0.15, -0.1) is 0 Å². The third kappa shape index (κ3) is 2.92. The van der Waals surface area contributed by atoms with Crippen molar-refractivity contribution in [2.24, 2.45) is 10.7 Å². The summed E-state index contributed by atoms with van der Waals surface area (Å²) in [5, 5.41) is 3.34. The molecule has 0 spiro atoms. The van der Waals surface area contributed by atoms with Gasteiger partial charge in [0.05, 0.1) is 24.3 Å². The van der Waals surface area contributed by atoms with Gasteiger partial charge in [0.25, 0.3) is 0 Å². The van der Waals surface area contributed by atoms with E-state index >= 15 is 0 Å². The van der Waals surface area contributed by atoms with Crippen LogP contribution in [-0.4, -0.2) is 39.1 Å². The Morgan fingerprint density at radius 1 is 1.56 bits per heavy atom. The average Bonchev–Trinajstić information content (AvgIpc) is 2.39. The molecule has 0 radical (unpaired) electrons. The van der Waals surface area contributed by atoms with Gasteiger partial charge in [-0.05, 0) is 18.7 Å². The summed E-state index contributed by atoms with van der Waals surface area (Å²) in [4.78, 5) is 6.39. The van der Waals surface area contributed by atoms with Crippen molar-refractivity contribution in [1.29, 1.82) is 0 Å². The largest absolute Gasteiger partial charge is 0.489 e. The molecule has 0 unspecified atom stereocenters. The van der Waals surface area contributed by atoms with E-state index in [4.69, 9.17) is 10.5 Å². The molecule has 0 saturated heterocycles. The first kappa shape index (κ1) is 12.7. The Bertz CT molecular complexity index is 419. The predicted molar refractivity (Wildman–Crippen MR) is 75.0 cm³/mol. The molecule has 0 saturated carbocycles. The fourth-order valence-electron chi connectivity index (χ4n) is 2.06. The van der Waals surface area contributed by atoms with E-state index in [0.717, 1.165) is 49.9 Å². The number of fused-ring (bicyclic) bond motifs is 1. The van der Waals surface area contributed by atoms with Gasteiger partial charge in [-0.1, -0.05) is 6.92 Å². The third-order valence-electron chi connectivity index (χ3n) is 2.93. The van der Waals surface area contributed by atoms with E-state index in [1.165, 1.54) is 6.34 Å². The number of nitrogens with one attached hydrogen (secondary N) is 1. The third-order valence-corrected chi connectivity index (χ3v) is 2.93. The number of hydrogen-bond donors (Lipinski definition) is 2. The zero-order valence-corrected chi connectivity index (χ0v) is 10.7. The van der Waals surface area contributed by atoms with Gasteiger partial charge in [-0.25, -0.2) is 4.99 Å². The number of ether oxygens (including phenoxy) is 1. The van der Waals surface area contributed by atoms with Crippen LogP contribution < -0.4 is 20.7 Å². The summed E-state index contributed by atoms with van der Waals surface area (Å²) in [5.74, 6) is 0.890. The van der Waals surface area contributed by atoms with Gasteiger partial charge >= 0.3 is 0 Å². The molecule has 5 heteroatoms. The number of nitrogens with zero attached hydrogens (tertiary/aromatic N) is 2. The summed E-state index contributed by atoms with van der Waals surface area (Å²) < 4.78 is 5.67. The highest BCUT2D eigenvalue weighted by molar-refractivity contribution is 5.67. The molecule has 0 aliphatic carbocycles. The number of benzene rings is 1. The van der Waals surface area contributed by atoms with Crippen molar-refractivity contribution < 1.29 is 4.74 Å². The van der Waals surface area contributed by atoms with Crippen molar-refractivity contribution in [3.8, 4) is 5.75 Å². The molecule has 0 fully saturated rings. The SMILES string of the molecule is CCNCCN1CCOc2cc(N=CN)ccc21. The molecule has 3 N–H and O–H groups in total. The Kier molecular flexibility index (Phi) is 4.41. The molecule has 1 aromatic rings. The number of anilines is 1. The lowest BCUT2D eigenvalue weighted by molar-refractivity contribution is 0.307. The van der Waals surface area contributed by atoms with Crippen molar-refractivity contribution in [1.82, 2.24) is 5.32 Å². The van der Waals surface area contributed by atoms with Gasteiger partial charge in [0.2, 0.25) is 0 Å². The van der Waals surface area contributed by atoms with Crippen LogP contribution in [0, 0.1) is 0 Å². The standard InChI is InChI=1S/C13H20N4O/c1-2-15-5-6-17-7-8-18-13-9-11(16-10-14)3-4-12(13)17/h3-4,9-10,15H,2,5-8H2,1H3,(H2,14,16). The number of aliphatic imine (C=N–C) groups is 1. The summed E-state index contributed by atoms with van der Waals surface area (Å²) in [6.07, 6.45) is 1.30. The molecule has 18 heavy (non-hydrogen) atoms. The van der Waals surface area contributed by atoms with Crippen LogP contribution >= 0.6 is 0 Å². The van der Waals surface area contributed by atoms with Gasteiger partial charge in [0, 0.05) is 19.2 Å². The summed E-state index contributed by atoms with van der Waals surface area (Å²) in [5.41, 5.74) is 7.25. The fourth-order valence-corrected chi connectivity index (χ4v) is 2.06. The van der Waals surface area contributed by atoms with E-state index in [1.54, 1.807) is 0 Å². The van der Waals surface area contributed by atoms with E-state index in [9.17, 15) is 0 Å². The van der Waals surface area contributed by atoms with Crippen molar-refractivity contribution in [3.05, 3.63) is 18.2 Å². The Balaban J connectivity index is 2.11. The van der Waals surface area contributed by atoms with E-state index < -0.39 is 0 Å². The first-order chi connectivity index (χ1) is 8.85. The fraction of sp³-hybridized carbons (Fsp3) is 0.462. The second-order valence-corrected chi connectivity index (χ2v) is 4.12. The quantitative estimate of drug-likeness (QED) is 0.465. The smallest absolute Gasteiger partial charge is 0.144 e. The predicted octanol–water partition coefficient (Wildman–Crippen LogP) is 1.11. The Morgan fingerprint density at radius 2 is 2.44 bits per heavy atom. The van der Waals surface area contributed by atoms with E-state index in [1.807, 2.05) is 18.2 Å². The Labute approximate surface area is 108 Å². The van der Waals surface area contributed by atoms with Crippen molar-refractivity contribution >= 4 is 17.7 Å². The lowest BCUT2D eigenvalue weighted by atomic mass is 10.2. The van der Waals surface area contributed by atoms with Crippen molar-refractivity contribution in [3.63, 3.8) is 0 Å². The van der Waals surface area contributed by atoms with E-state index in [0.29, 0.717) is 0 Å². The minimum Gasteiger partial charge on any atom is -0.489 e. The van der Waals surface area contributed by atoms with Crippen LogP contribution in [-0.2, 0) is 0 Å². The van der Waals surface area contributed by atoms with Gasteiger partial charge in [0.15, 0.2) is 0 Å². The first-order valence-corrected chi connectivity index (χ1v) is 6.32. The van der Waals surface area contributed by atoms with Crippen molar-refractivity contribution in [2.75, 3.05) is 37.7 Å². The molecular weight excluding hydrogens is 228 g/mol. The second-order valence-electron chi connectivity index (χ2n) is 4.12. The van der Waals surface area contributed by atoms with Crippen LogP contribution in [0.2, 0.25) is 0 Å². The molecule has 98 valence electrons. The molecule has 1 aliphatic rings. The first-order valence-electron chi connectivity index (χ1n) is 6.32. The molecular formula is C13H20N4O. The lowest BCUT2D eigenvalue weighted by Crippen LogP contribution is -2.37. The van der Waals surface area contributed by atoms with Gasteiger partial charge in [-0.3, -0.25) is 0 Å². The topological polar surface area (TPSA) is 62.9 Å². The minimum absolute atomic E-state index is 0.717. The molecule has 0 bridgehead atoms. The maximum absolute atomic E-state index is 5.67. The number of rotatable bonds is 5. The molecule has 1 aromatic carbocycles. The van der Waals surface area contributed by atoms with Crippen LogP contribution in [0.3, 0.4) is 0 Å². The zero-order chi connectivity index (χ0) is 12.8. The minimum atomic E-state index is 0.717. The van der Waals surface area contributed by atoms with Crippen LogP contribution in [0.4, 0.5) is 11.4 Å². The van der Waals surface area contributed by atoms with Gasteiger partial charge in [-0.2, -0.15) is 0 Å². The number of nitrogens with two attached hydrogens (primary N) is 1. The summed E-state index contributed by atoms with van der Waals surface area (Å²) in [6, 6.07) is 5.93. The molecule has 1 aliphatic heterocycles. The Hall–Kier alpha value is -1.75. The molecule has 0 atom stereocenters. The summed E-state index contributed by atoms with van der Waals surface area (Å²) >= 11 is 0. The van der Waals surface area contributed by atoms with Crippen LogP contribution in [0.1, 0.15) is 6.92 Å². The highest BCUT2D eigenvalue weighted by Gasteiger charge is 2.17. The molecule has 2 rings (SSSR count). The summed E-state index contributed by atoms with van der Waals surface area (Å²) in [7, 11) is 0. The van der Waals surface area contributed by atoms with Crippen LogP contribution in [0.5, 0.6) is 5.75 Å². The number of hydrogen-bond acceptors (Lipinski definition) is 4. The van der Waals surface area contributed by atoms with Crippen LogP contribution in [0.15, 0.2) is 23.2 Å². The van der Waals surface area contributed by atoms with Gasteiger partial charge < -0.3 is 20.7 Å². The zero-order valence-electron chi connectivity index (χ0n) is 10.7. The highest BCUT2D eigenvalue weighted by Crippen LogP contribution is 2.34. The second kappa shape index (κ2) is 6.26. The summed E-state index contributed by atoms with van der Waals surface area (Å²) in [6.45, 7) is 6.74. The van der Waals surface area contributed by atoms with Gasteiger partial charge in [0.1, 0.15) is 12.4 Å². The molecule has 1 heterocycles. The molecule has 0 aromatic heterocycles. The van der Waals surface area contributed by atoms with Crippen LogP contribution in [0.25, 0.3) is 0 Å². The maximum Gasteiger partial charge on any atom is 0.144 e. The normalized spacial score (nSPS) is 14.6. The Morgan fingerprint density at radius 3 is 3.22 bits per heavy atom. The lowest BCUT2D eigenvalue weighted by Gasteiger charge is -2.31. The average molecular weight is 248 g/mol.